The predicted octanol–water partition coefficient (Wildman–Crippen LogP) is 3.96. The molecular weight excluding hydrogens is 317 g/mol. The number of benzene rings is 2. The first-order chi connectivity index (χ1) is 11.1. The maximum absolute atomic E-state index is 13.7. The molecule has 0 bridgehead atoms. The van der Waals surface area contributed by atoms with Crippen LogP contribution in [0.3, 0.4) is 0 Å². The van der Waals surface area contributed by atoms with Gasteiger partial charge in [0.2, 0.25) is 0 Å². The molecule has 6 heteroatoms. The van der Waals surface area contributed by atoms with E-state index in [1.807, 2.05) is 6.26 Å². The second-order valence-corrected chi connectivity index (χ2v) is 5.63. The highest BCUT2D eigenvalue weighted by atomic mass is 32.2. The summed E-state index contributed by atoms with van der Waals surface area (Å²) in [5, 5.41) is 2.77. The normalized spacial score (nSPS) is 10.3. The zero-order valence-electron chi connectivity index (χ0n) is 13.2. The molecule has 23 heavy (non-hydrogen) atoms. The summed E-state index contributed by atoms with van der Waals surface area (Å²) in [7, 11) is 3.07. The van der Waals surface area contributed by atoms with Gasteiger partial charge in [-0.15, -0.1) is 0 Å². The third-order valence-corrected chi connectivity index (χ3v) is 3.85. The minimum absolute atomic E-state index is 0.304. The third-order valence-electron chi connectivity index (χ3n) is 3.25. The number of methoxy groups -OCH3 is 2. The zero-order chi connectivity index (χ0) is 16.8. The van der Waals surface area contributed by atoms with Crippen LogP contribution in [-0.2, 0) is 5.75 Å². The number of hydrogen-bond donors (Lipinski definition) is 1. The average molecular weight is 335 g/mol. The van der Waals surface area contributed by atoms with Gasteiger partial charge >= 0.3 is 0 Å². The van der Waals surface area contributed by atoms with Gasteiger partial charge in [0.25, 0.3) is 5.91 Å². The number of thioether (sulfide) groups is 1. The van der Waals surface area contributed by atoms with Gasteiger partial charge in [-0.1, -0.05) is 0 Å². The van der Waals surface area contributed by atoms with Crippen LogP contribution in [-0.4, -0.2) is 26.4 Å². The van der Waals surface area contributed by atoms with Gasteiger partial charge in [0.15, 0.2) is 11.5 Å². The van der Waals surface area contributed by atoms with Gasteiger partial charge in [0, 0.05) is 23.1 Å². The van der Waals surface area contributed by atoms with Crippen molar-refractivity contribution in [2.45, 2.75) is 5.75 Å². The Morgan fingerprint density at radius 1 is 1.13 bits per heavy atom. The molecule has 0 aliphatic rings. The Morgan fingerprint density at radius 3 is 2.52 bits per heavy atom. The van der Waals surface area contributed by atoms with E-state index in [-0.39, 0.29) is 11.7 Å². The van der Waals surface area contributed by atoms with Crippen molar-refractivity contribution >= 4 is 23.4 Å². The lowest BCUT2D eigenvalue weighted by Gasteiger charge is -2.11. The van der Waals surface area contributed by atoms with Gasteiger partial charge in [-0.2, -0.15) is 11.8 Å². The van der Waals surface area contributed by atoms with Gasteiger partial charge in [0.05, 0.1) is 14.2 Å². The Labute approximate surface area is 139 Å². The van der Waals surface area contributed by atoms with Crippen molar-refractivity contribution in [3.05, 3.63) is 53.3 Å². The fourth-order valence-electron chi connectivity index (χ4n) is 2.10. The lowest BCUT2D eigenvalue weighted by atomic mass is 10.1. The number of nitrogens with one attached hydrogen (secondary N) is 1. The summed E-state index contributed by atoms with van der Waals surface area (Å²) in [6, 6.07) is 9.44. The summed E-state index contributed by atoms with van der Waals surface area (Å²) in [6.45, 7) is 0. The number of ether oxygens (including phenoxy) is 2. The first kappa shape index (κ1) is 17.1. The predicted molar refractivity (Wildman–Crippen MR) is 91.1 cm³/mol. The number of carbonyl (C=O) groups excluding carboxylic acids is 1. The molecule has 2 rings (SSSR count). The highest BCUT2D eigenvalue weighted by molar-refractivity contribution is 7.97. The highest BCUT2D eigenvalue weighted by Gasteiger charge is 2.11. The van der Waals surface area contributed by atoms with Crippen molar-refractivity contribution < 1.29 is 18.7 Å². The molecule has 0 atom stereocenters. The fourth-order valence-corrected chi connectivity index (χ4v) is 2.63. The van der Waals surface area contributed by atoms with Crippen molar-refractivity contribution in [1.29, 1.82) is 0 Å². The Kier molecular flexibility index (Phi) is 5.87. The standard InChI is InChI=1S/C17H18FNO3S/c1-21-15-7-5-13(9-16(15)22-2)19-17(20)11-4-6-14(18)12(8-11)10-23-3/h4-9H,10H2,1-3H3,(H,19,20). The Hall–Kier alpha value is -2.21. The summed E-state index contributed by atoms with van der Waals surface area (Å²) in [5.41, 5.74) is 1.49. The second-order valence-electron chi connectivity index (χ2n) is 4.76. The Bertz CT molecular complexity index is 706. The molecule has 4 nitrogen and oxygen atoms in total. The van der Waals surface area contributed by atoms with E-state index >= 15 is 0 Å². The third kappa shape index (κ3) is 4.16. The molecule has 0 aromatic heterocycles. The second kappa shape index (κ2) is 7.87. The molecule has 0 spiro atoms. The average Bonchev–Trinajstić information content (AvgIpc) is 2.56. The molecule has 0 saturated heterocycles. The van der Waals surface area contributed by atoms with Gasteiger partial charge in [0.1, 0.15) is 5.82 Å². The van der Waals surface area contributed by atoms with Crippen LogP contribution in [0.15, 0.2) is 36.4 Å². The molecule has 0 aliphatic heterocycles. The largest absolute Gasteiger partial charge is 0.493 e. The summed E-state index contributed by atoms with van der Waals surface area (Å²) in [6.07, 6.45) is 1.88. The summed E-state index contributed by atoms with van der Waals surface area (Å²) in [5.74, 6) is 1.01. The van der Waals surface area contributed by atoms with Gasteiger partial charge in [-0.05, 0) is 42.2 Å². The monoisotopic (exact) mass is 335 g/mol. The van der Waals surface area contributed by atoms with Crippen LogP contribution in [0.5, 0.6) is 11.5 Å². The summed E-state index contributed by atoms with van der Waals surface area (Å²) >= 11 is 1.50. The molecular formula is C17H18FNO3S. The van der Waals surface area contributed by atoms with E-state index in [2.05, 4.69) is 5.32 Å². The van der Waals surface area contributed by atoms with Crippen molar-refractivity contribution in [3.8, 4) is 11.5 Å². The van der Waals surface area contributed by atoms with E-state index in [0.717, 1.165) is 0 Å². The van der Waals surface area contributed by atoms with Crippen molar-refractivity contribution in [2.75, 3.05) is 25.8 Å². The number of carbonyl (C=O) groups is 1. The number of amides is 1. The lowest BCUT2D eigenvalue weighted by molar-refractivity contribution is 0.102. The SMILES string of the molecule is COc1ccc(NC(=O)c2ccc(F)c(CSC)c2)cc1OC. The van der Waals surface area contributed by atoms with Gasteiger partial charge in [-0.25, -0.2) is 4.39 Å². The zero-order valence-corrected chi connectivity index (χ0v) is 14.0. The quantitative estimate of drug-likeness (QED) is 0.868. The number of anilines is 1. The highest BCUT2D eigenvalue weighted by Crippen LogP contribution is 2.30. The first-order valence-electron chi connectivity index (χ1n) is 6.89. The number of hydrogen-bond acceptors (Lipinski definition) is 4. The Morgan fingerprint density at radius 2 is 1.87 bits per heavy atom. The molecule has 2 aromatic carbocycles. The first-order valence-corrected chi connectivity index (χ1v) is 8.29. The molecule has 0 heterocycles. The molecule has 0 aliphatic carbocycles. The summed E-state index contributed by atoms with van der Waals surface area (Å²) in [4.78, 5) is 12.3. The van der Waals surface area contributed by atoms with E-state index in [9.17, 15) is 9.18 Å². The van der Waals surface area contributed by atoms with E-state index in [0.29, 0.717) is 34.1 Å². The Balaban J connectivity index is 2.20. The van der Waals surface area contributed by atoms with Crippen LogP contribution in [0.25, 0.3) is 0 Å². The van der Waals surface area contributed by atoms with Crippen LogP contribution in [0.1, 0.15) is 15.9 Å². The van der Waals surface area contributed by atoms with Crippen LogP contribution in [0, 0.1) is 5.82 Å². The van der Waals surface area contributed by atoms with Crippen LogP contribution in [0.4, 0.5) is 10.1 Å². The molecule has 0 unspecified atom stereocenters. The maximum atomic E-state index is 13.7. The molecule has 0 fully saturated rings. The minimum atomic E-state index is -0.306. The van der Waals surface area contributed by atoms with Crippen molar-refractivity contribution in [2.24, 2.45) is 0 Å². The molecule has 0 saturated carbocycles. The van der Waals surface area contributed by atoms with E-state index < -0.39 is 0 Å². The molecule has 122 valence electrons. The van der Waals surface area contributed by atoms with Gasteiger partial charge in [-0.3, -0.25) is 4.79 Å². The maximum Gasteiger partial charge on any atom is 0.255 e. The smallest absolute Gasteiger partial charge is 0.255 e. The molecule has 1 N–H and O–H groups in total. The fraction of sp³-hybridized carbons (Fsp3) is 0.235. The number of halogens is 1. The van der Waals surface area contributed by atoms with Crippen LogP contribution in [0.2, 0.25) is 0 Å². The van der Waals surface area contributed by atoms with Crippen molar-refractivity contribution in [1.82, 2.24) is 0 Å². The topological polar surface area (TPSA) is 47.6 Å². The van der Waals surface area contributed by atoms with E-state index in [1.54, 1.807) is 31.4 Å². The number of rotatable bonds is 6. The molecule has 2 aromatic rings. The van der Waals surface area contributed by atoms with E-state index in [1.165, 1.54) is 31.0 Å². The minimum Gasteiger partial charge on any atom is -0.493 e. The van der Waals surface area contributed by atoms with Crippen molar-refractivity contribution in [3.63, 3.8) is 0 Å². The van der Waals surface area contributed by atoms with E-state index in [4.69, 9.17) is 9.47 Å². The van der Waals surface area contributed by atoms with Crippen LogP contribution >= 0.6 is 11.8 Å². The molecule has 1 amide bonds. The lowest BCUT2D eigenvalue weighted by Crippen LogP contribution is -2.12. The van der Waals surface area contributed by atoms with Gasteiger partial charge < -0.3 is 14.8 Å². The summed E-state index contributed by atoms with van der Waals surface area (Å²) < 4.78 is 24.0. The molecule has 0 radical (unpaired) electrons. The van der Waals surface area contributed by atoms with Crippen LogP contribution < -0.4 is 14.8 Å².